The zero-order chi connectivity index (χ0) is 13.9. The molecule has 1 heterocycles. The Morgan fingerprint density at radius 1 is 1.32 bits per heavy atom. The van der Waals surface area contributed by atoms with Crippen molar-refractivity contribution in [2.24, 2.45) is 0 Å². The van der Waals surface area contributed by atoms with E-state index in [1.165, 1.54) is 5.56 Å². The Morgan fingerprint density at radius 2 is 2.00 bits per heavy atom. The quantitative estimate of drug-likeness (QED) is 0.753. The SMILES string of the molecule is C#CC(=O)N1CCN(Cc2ccccc2)C(C)(C)C1. The zero-order valence-electron chi connectivity index (χ0n) is 11.6. The summed E-state index contributed by atoms with van der Waals surface area (Å²) in [6.45, 7) is 7.47. The Hall–Kier alpha value is -1.79. The highest BCUT2D eigenvalue weighted by Crippen LogP contribution is 2.23. The second-order valence-corrected chi connectivity index (χ2v) is 5.59. The van der Waals surface area contributed by atoms with Gasteiger partial charge in [0.05, 0.1) is 0 Å². The average molecular weight is 256 g/mol. The van der Waals surface area contributed by atoms with E-state index in [0.29, 0.717) is 13.1 Å². The van der Waals surface area contributed by atoms with E-state index in [0.717, 1.165) is 13.1 Å². The summed E-state index contributed by atoms with van der Waals surface area (Å²) in [5, 5.41) is 0. The van der Waals surface area contributed by atoms with E-state index >= 15 is 0 Å². The molecule has 1 saturated heterocycles. The van der Waals surface area contributed by atoms with Crippen molar-refractivity contribution >= 4 is 5.91 Å². The first-order chi connectivity index (χ1) is 9.03. The molecule has 1 aliphatic rings. The molecule has 0 atom stereocenters. The number of hydrogen-bond acceptors (Lipinski definition) is 2. The van der Waals surface area contributed by atoms with E-state index in [1.807, 2.05) is 6.07 Å². The Bertz CT molecular complexity index is 487. The first-order valence-electron chi connectivity index (χ1n) is 6.57. The minimum Gasteiger partial charge on any atom is -0.329 e. The minimum absolute atomic E-state index is 0.0550. The molecule has 1 fully saturated rings. The second kappa shape index (κ2) is 5.46. The van der Waals surface area contributed by atoms with Crippen LogP contribution in [0.3, 0.4) is 0 Å². The number of amides is 1. The van der Waals surface area contributed by atoms with Crippen LogP contribution in [-0.4, -0.2) is 40.9 Å². The molecule has 100 valence electrons. The Labute approximate surface area is 115 Å². The number of terminal acetylenes is 1. The molecule has 0 N–H and O–H groups in total. The van der Waals surface area contributed by atoms with Crippen LogP contribution in [-0.2, 0) is 11.3 Å². The van der Waals surface area contributed by atoms with Gasteiger partial charge in [0.2, 0.25) is 0 Å². The Morgan fingerprint density at radius 3 is 2.58 bits per heavy atom. The van der Waals surface area contributed by atoms with Crippen molar-refractivity contribution in [2.75, 3.05) is 19.6 Å². The van der Waals surface area contributed by atoms with Crippen LogP contribution >= 0.6 is 0 Å². The van der Waals surface area contributed by atoms with Gasteiger partial charge in [0.25, 0.3) is 5.91 Å². The molecule has 1 aromatic carbocycles. The highest BCUT2D eigenvalue weighted by atomic mass is 16.2. The van der Waals surface area contributed by atoms with Gasteiger partial charge in [0.1, 0.15) is 0 Å². The number of rotatable bonds is 2. The largest absolute Gasteiger partial charge is 0.329 e. The van der Waals surface area contributed by atoms with Gasteiger partial charge in [-0.2, -0.15) is 0 Å². The summed E-state index contributed by atoms with van der Waals surface area (Å²) in [5.41, 5.74) is 1.24. The van der Waals surface area contributed by atoms with Crippen LogP contribution in [0.1, 0.15) is 19.4 Å². The fourth-order valence-corrected chi connectivity index (χ4v) is 2.55. The molecule has 3 nitrogen and oxygen atoms in total. The molecule has 0 unspecified atom stereocenters. The molecule has 1 aliphatic heterocycles. The molecule has 2 rings (SSSR count). The minimum atomic E-state index is -0.201. The molecule has 1 amide bonds. The lowest BCUT2D eigenvalue weighted by molar-refractivity contribution is -0.130. The number of carbonyl (C=O) groups is 1. The van der Waals surface area contributed by atoms with Crippen molar-refractivity contribution in [1.82, 2.24) is 9.80 Å². The van der Waals surface area contributed by atoms with E-state index in [1.54, 1.807) is 4.90 Å². The zero-order valence-corrected chi connectivity index (χ0v) is 11.6. The third kappa shape index (κ3) is 3.15. The number of carbonyl (C=O) groups excluding carboxylic acids is 1. The van der Waals surface area contributed by atoms with Crippen LogP contribution < -0.4 is 0 Å². The summed E-state index contributed by atoms with van der Waals surface area (Å²) in [4.78, 5) is 15.8. The number of hydrogen-bond donors (Lipinski definition) is 0. The van der Waals surface area contributed by atoms with E-state index in [-0.39, 0.29) is 11.4 Å². The Kier molecular flexibility index (Phi) is 3.92. The second-order valence-electron chi connectivity index (χ2n) is 5.59. The van der Waals surface area contributed by atoms with Crippen LogP contribution in [0.5, 0.6) is 0 Å². The normalized spacial score (nSPS) is 18.9. The maximum Gasteiger partial charge on any atom is 0.298 e. The lowest BCUT2D eigenvalue weighted by atomic mass is 9.97. The summed E-state index contributed by atoms with van der Waals surface area (Å²) >= 11 is 0. The van der Waals surface area contributed by atoms with Crippen molar-refractivity contribution in [3.05, 3.63) is 35.9 Å². The molecule has 3 heteroatoms. The predicted molar refractivity (Wildman–Crippen MR) is 76.3 cm³/mol. The molecule has 0 saturated carbocycles. The van der Waals surface area contributed by atoms with Gasteiger partial charge in [-0.1, -0.05) is 30.3 Å². The van der Waals surface area contributed by atoms with E-state index in [9.17, 15) is 4.79 Å². The molecular weight excluding hydrogens is 236 g/mol. The van der Waals surface area contributed by atoms with Crippen molar-refractivity contribution < 1.29 is 4.79 Å². The van der Waals surface area contributed by atoms with E-state index in [2.05, 4.69) is 48.9 Å². The van der Waals surface area contributed by atoms with Crippen LogP contribution in [0.25, 0.3) is 0 Å². The third-order valence-corrected chi connectivity index (χ3v) is 3.70. The summed E-state index contributed by atoms with van der Waals surface area (Å²) in [5.74, 6) is 2.00. The van der Waals surface area contributed by atoms with Crippen LogP contribution in [0.4, 0.5) is 0 Å². The van der Waals surface area contributed by atoms with E-state index in [4.69, 9.17) is 6.42 Å². The maximum atomic E-state index is 11.6. The first-order valence-corrected chi connectivity index (χ1v) is 6.57. The monoisotopic (exact) mass is 256 g/mol. The van der Waals surface area contributed by atoms with Gasteiger partial charge in [-0.15, -0.1) is 6.42 Å². The average Bonchev–Trinajstić information content (AvgIpc) is 2.41. The maximum absolute atomic E-state index is 11.6. The molecule has 0 aliphatic carbocycles. The summed E-state index contributed by atoms with van der Waals surface area (Å²) < 4.78 is 0. The molecule has 0 radical (unpaired) electrons. The third-order valence-electron chi connectivity index (χ3n) is 3.70. The lowest BCUT2D eigenvalue weighted by Gasteiger charge is -2.46. The first kappa shape index (κ1) is 13.6. The standard InChI is InChI=1S/C16H20N2O/c1-4-15(19)17-10-11-18(16(2,3)13-17)12-14-8-6-5-7-9-14/h1,5-9H,10-13H2,2-3H3. The summed E-state index contributed by atoms with van der Waals surface area (Å²) in [7, 11) is 0. The van der Waals surface area contributed by atoms with Gasteiger partial charge in [-0.05, 0) is 25.3 Å². The lowest BCUT2D eigenvalue weighted by Crippen LogP contribution is -2.59. The van der Waals surface area contributed by atoms with Crippen molar-refractivity contribution in [3.8, 4) is 12.3 Å². The molecule has 0 spiro atoms. The molecule has 19 heavy (non-hydrogen) atoms. The van der Waals surface area contributed by atoms with Gasteiger partial charge < -0.3 is 4.90 Å². The highest BCUT2D eigenvalue weighted by molar-refractivity contribution is 5.93. The van der Waals surface area contributed by atoms with Gasteiger partial charge in [0.15, 0.2) is 0 Å². The van der Waals surface area contributed by atoms with Gasteiger partial charge in [-0.3, -0.25) is 9.69 Å². The van der Waals surface area contributed by atoms with Crippen LogP contribution in [0.15, 0.2) is 30.3 Å². The van der Waals surface area contributed by atoms with Crippen molar-refractivity contribution in [3.63, 3.8) is 0 Å². The number of benzene rings is 1. The summed E-state index contributed by atoms with van der Waals surface area (Å²) in [6.07, 6.45) is 5.19. The fourth-order valence-electron chi connectivity index (χ4n) is 2.55. The number of nitrogens with zero attached hydrogens (tertiary/aromatic N) is 2. The highest BCUT2D eigenvalue weighted by Gasteiger charge is 2.34. The Balaban J connectivity index is 2.05. The molecule has 0 bridgehead atoms. The van der Waals surface area contributed by atoms with Gasteiger partial charge >= 0.3 is 0 Å². The smallest absolute Gasteiger partial charge is 0.298 e. The van der Waals surface area contributed by atoms with Crippen LogP contribution in [0, 0.1) is 12.3 Å². The molecule has 0 aromatic heterocycles. The van der Waals surface area contributed by atoms with Crippen LogP contribution in [0.2, 0.25) is 0 Å². The molecular formula is C16H20N2O. The van der Waals surface area contributed by atoms with E-state index < -0.39 is 0 Å². The number of piperazine rings is 1. The predicted octanol–water partition coefficient (Wildman–Crippen LogP) is 1.74. The van der Waals surface area contributed by atoms with Crippen molar-refractivity contribution in [2.45, 2.75) is 25.9 Å². The molecule has 1 aromatic rings. The van der Waals surface area contributed by atoms with Gasteiger partial charge in [0, 0.05) is 31.7 Å². The van der Waals surface area contributed by atoms with Gasteiger partial charge in [-0.25, -0.2) is 0 Å². The van der Waals surface area contributed by atoms with Crippen molar-refractivity contribution in [1.29, 1.82) is 0 Å². The summed E-state index contributed by atoms with van der Waals surface area (Å²) in [6, 6.07) is 10.4. The topological polar surface area (TPSA) is 23.6 Å². The fraction of sp³-hybridized carbons (Fsp3) is 0.438.